The summed E-state index contributed by atoms with van der Waals surface area (Å²) < 4.78 is 0. The van der Waals surface area contributed by atoms with Crippen molar-refractivity contribution in [2.24, 2.45) is 0 Å². The Morgan fingerprint density at radius 2 is 1.69 bits per heavy atom. The maximum Gasteiger partial charge on any atom is 0.115 e. The van der Waals surface area contributed by atoms with Crippen molar-refractivity contribution >= 4 is 5.97 Å². The van der Waals surface area contributed by atoms with Gasteiger partial charge in [0, 0.05) is 5.97 Å². The van der Waals surface area contributed by atoms with Gasteiger partial charge in [0.1, 0.15) is 6.10 Å². The van der Waals surface area contributed by atoms with Gasteiger partial charge in [-0.25, -0.2) is 4.89 Å². The van der Waals surface area contributed by atoms with E-state index in [1.807, 2.05) is 30.4 Å². The SMILES string of the molecule is CC/C=C\C/C=C\C[C@@H](/C=C/C=C\C/C=C\CCCCCC(=O)[O-])OO. The maximum atomic E-state index is 10.3. The molecule has 0 aliphatic heterocycles. The fourth-order valence-electron chi connectivity index (χ4n) is 2.17. The molecule has 4 nitrogen and oxygen atoms in total. The smallest absolute Gasteiger partial charge is 0.115 e. The highest BCUT2D eigenvalue weighted by molar-refractivity contribution is 5.64. The van der Waals surface area contributed by atoms with Gasteiger partial charge in [-0.1, -0.05) is 74.1 Å². The number of rotatable bonds is 16. The number of carboxylic acids is 1. The Morgan fingerprint density at radius 3 is 2.42 bits per heavy atom. The predicted molar refractivity (Wildman–Crippen MR) is 105 cm³/mol. The zero-order valence-electron chi connectivity index (χ0n) is 15.9. The lowest BCUT2D eigenvalue weighted by Gasteiger charge is -2.03. The van der Waals surface area contributed by atoms with E-state index in [0.29, 0.717) is 12.8 Å². The van der Waals surface area contributed by atoms with Crippen LogP contribution >= 0.6 is 0 Å². The normalized spacial score (nSPS) is 13.9. The average Bonchev–Trinajstić information content (AvgIpc) is 2.63. The van der Waals surface area contributed by atoms with Crippen LogP contribution in [0.5, 0.6) is 0 Å². The summed E-state index contributed by atoms with van der Waals surface area (Å²) in [5, 5.41) is 19.1. The molecular weight excluding hydrogens is 328 g/mol. The van der Waals surface area contributed by atoms with Gasteiger partial charge < -0.3 is 9.90 Å². The average molecular weight is 362 g/mol. The molecule has 1 atom stereocenters. The minimum Gasteiger partial charge on any atom is -0.550 e. The second kappa shape index (κ2) is 19.4. The van der Waals surface area contributed by atoms with E-state index in [4.69, 9.17) is 5.26 Å². The minimum absolute atomic E-state index is 0.156. The Kier molecular flexibility index (Phi) is 18.0. The molecule has 0 heterocycles. The lowest BCUT2D eigenvalue weighted by Crippen LogP contribution is -2.21. The molecule has 0 saturated carbocycles. The topological polar surface area (TPSA) is 69.6 Å². The lowest BCUT2D eigenvalue weighted by molar-refractivity contribution is -0.305. The maximum absolute atomic E-state index is 10.3. The molecule has 0 saturated heterocycles. The molecule has 146 valence electrons. The Morgan fingerprint density at radius 1 is 0.962 bits per heavy atom. The second-order valence-electron chi connectivity index (χ2n) is 5.96. The molecule has 0 aromatic heterocycles. The Hall–Kier alpha value is -1.91. The van der Waals surface area contributed by atoms with Gasteiger partial charge in [0.25, 0.3) is 0 Å². The molecule has 26 heavy (non-hydrogen) atoms. The van der Waals surface area contributed by atoms with Gasteiger partial charge in [-0.3, -0.25) is 5.26 Å². The van der Waals surface area contributed by atoms with Crippen LogP contribution in [0.1, 0.15) is 64.7 Å². The van der Waals surface area contributed by atoms with Crippen molar-refractivity contribution in [1.29, 1.82) is 0 Å². The van der Waals surface area contributed by atoms with E-state index in [9.17, 15) is 9.90 Å². The third-order valence-electron chi connectivity index (χ3n) is 3.61. The summed E-state index contributed by atoms with van der Waals surface area (Å²) in [5.74, 6) is -0.965. The summed E-state index contributed by atoms with van der Waals surface area (Å²) in [5.41, 5.74) is 0. The van der Waals surface area contributed by atoms with Gasteiger partial charge in [0.2, 0.25) is 0 Å². The van der Waals surface area contributed by atoms with E-state index in [2.05, 4.69) is 42.2 Å². The third kappa shape index (κ3) is 18.4. The van der Waals surface area contributed by atoms with Crippen molar-refractivity contribution < 1.29 is 20.0 Å². The van der Waals surface area contributed by atoms with Crippen LogP contribution in [0.3, 0.4) is 0 Å². The van der Waals surface area contributed by atoms with Gasteiger partial charge >= 0.3 is 0 Å². The Labute approximate surface area is 158 Å². The van der Waals surface area contributed by atoms with Gasteiger partial charge in [0.15, 0.2) is 0 Å². The highest BCUT2D eigenvalue weighted by Gasteiger charge is 1.99. The molecule has 0 amide bonds. The summed E-state index contributed by atoms with van der Waals surface area (Å²) >= 11 is 0. The third-order valence-corrected chi connectivity index (χ3v) is 3.61. The van der Waals surface area contributed by atoms with E-state index in [1.54, 1.807) is 0 Å². The molecule has 0 aliphatic carbocycles. The summed E-state index contributed by atoms with van der Waals surface area (Å²) in [7, 11) is 0. The van der Waals surface area contributed by atoms with Crippen LogP contribution in [0.2, 0.25) is 0 Å². The van der Waals surface area contributed by atoms with E-state index in [1.165, 1.54) is 0 Å². The summed E-state index contributed by atoms with van der Waals surface area (Å²) in [4.78, 5) is 14.7. The van der Waals surface area contributed by atoms with Gasteiger partial charge in [-0.05, 0) is 51.4 Å². The van der Waals surface area contributed by atoms with Gasteiger partial charge in [0.05, 0.1) is 0 Å². The van der Waals surface area contributed by atoms with Crippen LogP contribution in [0, 0.1) is 0 Å². The first-order chi connectivity index (χ1) is 12.7. The molecule has 0 aliphatic rings. The van der Waals surface area contributed by atoms with Crippen molar-refractivity contribution in [2.45, 2.75) is 70.8 Å². The predicted octanol–water partition coefficient (Wildman–Crippen LogP) is 4.91. The number of carboxylic acid groups (broad SMARTS) is 1. The fraction of sp³-hybridized carbons (Fsp3) is 0.500. The van der Waals surface area contributed by atoms with Crippen molar-refractivity contribution in [3.05, 3.63) is 60.8 Å². The number of carbonyl (C=O) groups excluding carboxylic acids is 1. The molecule has 4 heteroatoms. The van der Waals surface area contributed by atoms with Crippen molar-refractivity contribution in [2.75, 3.05) is 0 Å². The zero-order valence-corrected chi connectivity index (χ0v) is 15.9. The van der Waals surface area contributed by atoms with Crippen molar-refractivity contribution in [3.63, 3.8) is 0 Å². The Balaban J connectivity index is 3.77. The standard InChI is InChI=1S/C22H34O4/c1-2-3-4-5-12-15-18-21(26-25)19-16-13-10-8-6-7-9-11-14-17-20-22(23)24/h3-4,6-7,10,12-13,15-16,19,21,25H,2,5,8-9,11,14,17-18,20H2,1H3,(H,23,24)/p-1/b4-3-,7-6-,13-10-,15-12-,19-16+/t21-/m0/s1. The number of hydrogen-bond donors (Lipinski definition) is 1. The number of aliphatic carboxylic acids is 1. The highest BCUT2D eigenvalue weighted by Crippen LogP contribution is 2.04. The van der Waals surface area contributed by atoms with Crippen LogP contribution in [0.25, 0.3) is 0 Å². The van der Waals surface area contributed by atoms with Crippen LogP contribution in [0.15, 0.2) is 60.8 Å². The molecule has 1 N–H and O–H groups in total. The van der Waals surface area contributed by atoms with E-state index < -0.39 is 5.97 Å². The van der Waals surface area contributed by atoms with E-state index in [-0.39, 0.29) is 12.5 Å². The molecule has 0 radical (unpaired) electrons. The van der Waals surface area contributed by atoms with Crippen LogP contribution in [-0.2, 0) is 9.68 Å². The first-order valence-corrected chi connectivity index (χ1v) is 9.49. The number of carbonyl (C=O) groups is 1. The molecule has 0 spiro atoms. The molecule has 0 aromatic rings. The summed E-state index contributed by atoms with van der Waals surface area (Å²) in [6, 6.07) is 0. The second-order valence-corrected chi connectivity index (χ2v) is 5.96. The fourth-order valence-corrected chi connectivity index (χ4v) is 2.17. The van der Waals surface area contributed by atoms with E-state index >= 15 is 0 Å². The molecule has 0 unspecified atom stereocenters. The van der Waals surface area contributed by atoms with Crippen molar-refractivity contribution in [1.82, 2.24) is 0 Å². The molecule has 0 rings (SSSR count). The van der Waals surface area contributed by atoms with Crippen LogP contribution < -0.4 is 5.11 Å². The first kappa shape index (κ1) is 24.1. The van der Waals surface area contributed by atoms with Crippen LogP contribution in [0.4, 0.5) is 0 Å². The minimum atomic E-state index is -0.965. The highest BCUT2D eigenvalue weighted by atomic mass is 17.1. The molecule has 0 aromatic carbocycles. The van der Waals surface area contributed by atoms with Crippen molar-refractivity contribution in [3.8, 4) is 0 Å². The quantitative estimate of drug-likeness (QED) is 0.139. The van der Waals surface area contributed by atoms with E-state index in [0.717, 1.165) is 38.5 Å². The monoisotopic (exact) mass is 361 g/mol. The zero-order chi connectivity index (χ0) is 19.3. The largest absolute Gasteiger partial charge is 0.550 e. The van der Waals surface area contributed by atoms with Crippen LogP contribution in [-0.4, -0.2) is 17.3 Å². The Bertz CT molecular complexity index is 473. The van der Waals surface area contributed by atoms with Gasteiger partial charge in [-0.15, -0.1) is 0 Å². The molecule has 0 fully saturated rings. The number of allylic oxidation sites excluding steroid dienone is 8. The lowest BCUT2D eigenvalue weighted by atomic mass is 10.1. The number of hydrogen-bond acceptors (Lipinski definition) is 4. The first-order valence-electron chi connectivity index (χ1n) is 9.49. The van der Waals surface area contributed by atoms with Gasteiger partial charge in [-0.2, -0.15) is 0 Å². The molecule has 0 bridgehead atoms. The summed E-state index contributed by atoms with van der Waals surface area (Å²) in [6.45, 7) is 2.10. The summed E-state index contributed by atoms with van der Waals surface area (Å²) in [6.07, 6.45) is 27.0. The number of unbranched alkanes of at least 4 members (excludes halogenated alkanes) is 3. The molecular formula is C22H33O4-.